The quantitative estimate of drug-likeness (QED) is 0.695. The van der Waals surface area contributed by atoms with Crippen LogP contribution in [0.1, 0.15) is 26.2 Å². The second-order valence-electron chi connectivity index (χ2n) is 4.22. The van der Waals surface area contributed by atoms with Gasteiger partial charge in [-0.25, -0.2) is 0 Å². The molecule has 2 atom stereocenters. The molecule has 15 heavy (non-hydrogen) atoms. The molecule has 3 N–H and O–H groups in total. The lowest BCUT2D eigenvalue weighted by atomic mass is 10.0. The molecule has 0 saturated carbocycles. The van der Waals surface area contributed by atoms with E-state index in [1.54, 1.807) is 4.90 Å². The predicted molar refractivity (Wildman–Crippen MR) is 55.2 cm³/mol. The minimum Gasteiger partial charge on any atom is -0.480 e. The number of nitrogens with zero attached hydrogens (tertiary/aromatic N) is 1. The van der Waals surface area contributed by atoms with Gasteiger partial charge in [-0.15, -0.1) is 0 Å². The summed E-state index contributed by atoms with van der Waals surface area (Å²) < 4.78 is 0. The first-order valence-corrected chi connectivity index (χ1v) is 5.27. The Morgan fingerprint density at radius 2 is 2.33 bits per heavy atom. The number of hydrogen-bond acceptors (Lipinski definition) is 3. The van der Waals surface area contributed by atoms with Gasteiger partial charge in [0.05, 0.1) is 0 Å². The number of nitrogens with two attached hydrogens (primary N) is 1. The van der Waals surface area contributed by atoms with Gasteiger partial charge in [-0.1, -0.05) is 6.92 Å². The molecule has 1 amide bonds. The van der Waals surface area contributed by atoms with Crippen molar-refractivity contribution in [3.63, 3.8) is 0 Å². The Morgan fingerprint density at radius 3 is 2.93 bits per heavy atom. The third-order valence-electron chi connectivity index (χ3n) is 2.83. The Morgan fingerprint density at radius 1 is 1.67 bits per heavy atom. The zero-order valence-corrected chi connectivity index (χ0v) is 8.98. The molecule has 5 heteroatoms. The van der Waals surface area contributed by atoms with Crippen molar-refractivity contribution in [3.8, 4) is 0 Å². The summed E-state index contributed by atoms with van der Waals surface area (Å²) in [5.41, 5.74) is 5.40. The van der Waals surface area contributed by atoms with Crippen LogP contribution in [0.2, 0.25) is 0 Å². The molecule has 0 aromatic rings. The van der Waals surface area contributed by atoms with E-state index in [2.05, 4.69) is 6.92 Å². The third kappa shape index (κ3) is 3.51. The molecule has 1 aliphatic heterocycles. The predicted octanol–water partition coefficient (Wildman–Crippen LogP) is 0.0469. The molecule has 0 radical (unpaired) electrons. The minimum atomic E-state index is -1.06. The van der Waals surface area contributed by atoms with Gasteiger partial charge >= 0.3 is 5.97 Å². The number of carbonyl (C=O) groups is 2. The smallest absolute Gasteiger partial charge is 0.322 e. The van der Waals surface area contributed by atoms with E-state index in [1.165, 1.54) is 0 Å². The molecular formula is C10H18N2O3. The fourth-order valence-electron chi connectivity index (χ4n) is 1.68. The molecule has 0 aromatic heterocycles. The van der Waals surface area contributed by atoms with E-state index >= 15 is 0 Å². The number of likely N-dealkylation sites (tertiary alicyclic amines) is 1. The number of carbonyl (C=O) groups excluding carboxylic acids is 1. The van der Waals surface area contributed by atoms with Crippen molar-refractivity contribution in [2.45, 2.75) is 32.2 Å². The average Bonchev–Trinajstić information content (AvgIpc) is 2.32. The summed E-state index contributed by atoms with van der Waals surface area (Å²) in [4.78, 5) is 23.7. The Labute approximate surface area is 89.2 Å². The number of hydrogen-bond donors (Lipinski definition) is 2. The lowest BCUT2D eigenvalue weighted by Gasteiger charge is -2.22. The van der Waals surface area contributed by atoms with Crippen molar-refractivity contribution in [2.24, 2.45) is 11.7 Å². The Balaban J connectivity index is 2.52. The first kappa shape index (κ1) is 12.0. The molecule has 86 valence electrons. The first-order chi connectivity index (χ1) is 7.00. The van der Waals surface area contributed by atoms with Gasteiger partial charge < -0.3 is 15.7 Å². The molecule has 1 aliphatic rings. The van der Waals surface area contributed by atoms with E-state index in [4.69, 9.17) is 10.8 Å². The Bertz CT molecular complexity index is 255. The average molecular weight is 214 g/mol. The molecule has 0 aromatic carbocycles. The van der Waals surface area contributed by atoms with Crippen LogP contribution < -0.4 is 5.73 Å². The molecule has 1 rings (SSSR count). The van der Waals surface area contributed by atoms with Crippen LogP contribution in [0.4, 0.5) is 0 Å². The lowest BCUT2D eigenvalue weighted by molar-refractivity contribution is -0.140. The van der Waals surface area contributed by atoms with Gasteiger partial charge in [-0.05, 0) is 18.8 Å². The molecule has 1 heterocycles. The van der Waals surface area contributed by atoms with Crippen LogP contribution >= 0.6 is 0 Å². The SMILES string of the molecule is CC1CCC(=O)N(CC(N)C(=O)O)CC1. The van der Waals surface area contributed by atoms with Gasteiger partial charge in [0.15, 0.2) is 0 Å². The van der Waals surface area contributed by atoms with Gasteiger partial charge in [-0.2, -0.15) is 0 Å². The number of carboxylic acids is 1. The number of amides is 1. The van der Waals surface area contributed by atoms with E-state index in [9.17, 15) is 9.59 Å². The van der Waals surface area contributed by atoms with Gasteiger partial charge in [0.1, 0.15) is 6.04 Å². The largest absolute Gasteiger partial charge is 0.480 e. The van der Waals surface area contributed by atoms with Gasteiger partial charge in [-0.3, -0.25) is 9.59 Å². The van der Waals surface area contributed by atoms with Gasteiger partial charge in [0, 0.05) is 19.5 Å². The molecule has 0 bridgehead atoms. The topological polar surface area (TPSA) is 83.6 Å². The van der Waals surface area contributed by atoms with Crippen LogP contribution in [-0.4, -0.2) is 41.0 Å². The van der Waals surface area contributed by atoms with Gasteiger partial charge in [0.25, 0.3) is 0 Å². The molecule has 2 unspecified atom stereocenters. The maximum atomic E-state index is 11.6. The number of rotatable bonds is 3. The van der Waals surface area contributed by atoms with Crippen molar-refractivity contribution in [2.75, 3.05) is 13.1 Å². The van der Waals surface area contributed by atoms with Crippen molar-refractivity contribution < 1.29 is 14.7 Å². The number of aliphatic carboxylic acids is 1. The molecule has 1 fully saturated rings. The summed E-state index contributed by atoms with van der Waals surface area (Å²) >= 11 is 0. The summed E-state index contributed by atoms with van der Waals surface area (Å²) in [7, 11) is 0. The highest BCUT2D eigenvalue weighted by molar-refractivity contribution is 5.78. The summed E-state index contributed by atoms with van der Waals surface area (Å²) in [5.74, 6) is -0.504. The maximum absolute atomic E-state index is 11.6. The van der Waals surface area contributed by atoms with E-state index in [1.807, 2.05) is 0 Å². The van der Waals surface area contributed by atoms with Crippen molar-refractivity contribution in [3.05, 3.63) is 0 Å². The summed E-state index contributed by atoms with van der Waals surface area (Å²) in [6.07, 6.45) is 2.32. The van der Waals surface area contributed by atoms with Gasteiger partial charge in [0.2, 0.25) is 5.91 Å². The van der Waals surface area contributed by atoms with Crippen molar-refractivity contribution >= 4 is 11.9 Å². The van der Waals surface area contributed by atoms with Crippen LogP contribution in [0, 0.1) is 5.92 Å². The second-order valence-corrected chi connectivity index (χ2v) is 4.22. The second kappa shape index (κ2) is 5.11. The van der Waals surface area contributed by atoms with Crippen LogP contribution in [0.3, 0.4) is 0 Å². The highest BCUT2D eigenvalue weighted by Gasteiger charge is 2.23. The van der Waals surface area contributed by atoms with E-state index in [0.717, 1.165) is 12.8 Å². The molecule has 1 saturated heterocycles. The summed E-state index contributed by atoms with van der Waals surface area (Å²) in [6.45, 7) is 2.86. The fourth-order valence-corrected chi connectivity index (χ4v) is 1.68. The Hall–Kier alpha value is -1.10. The fraction of sp³-hybridized carbons (Fsp3) is 0.800. The van der Waals surface area contributed by atoms with Crippen molar-refractivity contribution in [1.82, 2.24) is 4.90 Å². The molecular weight excluding hydrogens is 196 g/mol. The zero-order chi connectivity index (χ0) is 11.4. The van der Waals surface area contributed by atoms with Crippen LogP contribution in [-0.2, 0) is 9.59 Å². The third-order valence-corrected chi connectivity index (χ3v) is 2.83. The standard InChI is InChI=1S/C10H18N2O3/c1-7-2-3-9(13)12(5-4-7)6-8(11)10(14)15/h7-8H,2-6,11H2,1H3,(H,14,15). The van der Waals surface area contributed by atoms with E-state index < -0.39 is 12.0 Å². The zero-order valence-electron chi connectivity index (χ0n) is 8.98. The normalized spacial score (nSPS) is 24.8. The maximum Gasteiger partial charge on any atom is 0.322 e. The minimum absolute atomic E-state index is 0.0241. The van der Waals surface area contributed by atoms with Crippen LogP contribution in [0.15, 0.2) is 0 Å². The van der Waals surface area contributed by atoms with Crippen LogP contribution in [0.25, 0.3) is 0 Å². The monoisotopic (exact) mass is 214 g/mol. The highest BCUT2D eigenvalue weighted by Crippen LogP contribution is 2.17. The molecule has 0 aliphatic carbocycles. The lowest BCUT2D eigenvalue weighted by Crippen LogP contribution is -2.45. The highest BCUT2D eigenvalue weighted by atomic mass is 16.4. The molecule has 5 nitrogen and oxygen atoms in total. The molecule has 0 spiro atoms. The number of carboxylic acid groups (broad SMARTS) is 1. The summed E-state index contributed by atoms with van der Waals surface area (Å²) in [6, 6.07) is -0.970. The van der Waals surface area contributed by atoms with E-state index in [-0.39, 0.29) is 12.5 Å². The Kier molecular flexibility index (Phi) is 4.08. The first-order valence-electron chi connectivity index (χ1n) is 5.27. The van der Waals surface area contributed by atoms with Crippen LogP contribution in [0.5, 0.6) is 0 Å². The van der Waals surface area contributed by atoms with Crippen molar-refractivity contribution in [1.29, 1.82) is 0 Å². The van der Waals surface area contributed by atoms with E-state index in [0.29, 0.717) is 18.9 Å². The summed E-state index contributed by atoms with van der Waals surface area (Å²) in [5, 5.41) is 8.66.